The number of nitrogens with zero attached hydrogens (tertiary/aromatic N) is 2. The number of aromatic nitrogens is 1. The third kappa shape index (κ3) is 3.24. The SMILES string of the molecule is CCCN(CC(=O)O)C(=O)c1cnc(-c2ccco2)s1. The summed E-state index contributed by atoms with van der Waals surface area (Å²) in [6, 6.07) is 3.50. The fraction of sp³-hybridized carbons (Fsp3) is 0.308. The smallest absolute Gasteiger partial charge is 0.323 e. The minimum Gasteiger partial charge on any atom is -0.480 e. The standard InChI is InChI=1S/C13H14N2O4S/c1-2-5-15(8-11(16)17)13(18)10-7-14-12(20-10)9-4-3-6-19-9/h3-4,6-7H,2,5,8H2,1H3,(H,16,17). The molecule has 0 spiro atoms. The summed E-state index contributed by atoms with van der Waals surface area (Å²) >= 11 is 1.19. The molecular weight excluding hydrogens is 280 g/mol. The zero-order valence-corrected chi connectivity index (χ0v) is 11.7. The lowest BCUT2D eigenvalue weighted by Crippen LogP contribution is -2.35. The molecule has 1 amide bonds. The second-order valence-electron chi connectivity index (χ2n) is 4.13. The van der Waals surface area contributed by atoms with Crippen LogP contribution >= 0.6 is 11.3 Å². The maximum atomic E-state index is 12.3. The lowest BCUT2D eigenvalue weighted by molar-refractivity contribution is -0.137. The van der Waals surface area contributed by atoms with Gasteiger partial charge in [-0.05, 0) is 18.6 Å². The predicted molar refractivity (Wildman–Crippen MR) is 73.6 cm³/mol. The summed E-state index contributed by atoms with van der Waals surface area (Å²) in [5.74, 6) is -0.749. The molecule has 0 saturated heterocycles. The van der Waals surface area contributed by atoms with Crippen molar-refractivity contribution in [3.63, 3.8) is 0 Å². The number of rotatable bonds is 6. The van der Waals surface area contributed by atoms with Crippen LogP contribution in [0.15, 0.2) is 29.0 Å². The van der Waals surface area contributed by atoms with E-state index in [2.05, 4.69) is 4.98 Å². The highest BCUT2D eigenvalue weighted by Crippen LogP contribution is 2.26. The summed E-state index contributed by atoms with van der Waals surface area (Å²) in [6.45, 7) is 1.99. The lowest BCUT2D eigenvalue weighted by Gasteiger charge is -2.18. The van der Waals surface area contributed by atoms with Gasteiger partial charge in [0.25, 0.3) is 5.91 Å². The van der Waals surface area contributed by atoms with Crippen LogP contribution in [0.4, 0.5) is 0 Å². The van der Waals surface area contributed by atoms with Crippen molar-refractivity contribution >= 4 is 23.2 Å². The van der Waals surface area contributed by atoms with E-state index in [0.29, 0.717) is 28.6 Å². The number of hydrogen-bond acceptors (Lipinski definition) is 5. The van der Waals surface area contributed by atoms with Gasteiger partial charge in [0, 0.05) is 6.54 Å². The Labute approximate surface area is 119 Å². The fourth-order valence-electron chi connectivity index (χ4n) is 1.73. The number of furan rings is 1. The van der Waals surface area contributed by atoms with Gasteiger partial charge in [-0.15, -0.1) is 11.3 Å². The number of hydrogen-bond donors (Lipinski definition) is 1. The predicted octanol–water partition coefficient (Wildman–Crippen LogP) is 2.34. The molecule has 7 heteroatoms. The van der Waals surface area contributed by atoms with Crippen molar-refractivity contribution in [2.45, 2.75) is 13.3 Å². The minimum absolute atomic E-state index is 0.305. The number of carboxylic acid groups (broad SMARTS) is 1. The Hall–Kier alpha value is -2.15. The Morgan fingerprint density at radius 3 is 2.90 bits per heavy atom. The lowest BCUT2D eigenvalue weighted by atomic mass is 10.3. The van der Waals surface area contributed by atoms with Gasteiger partial charge in [-0.3, -0.25) is 9.59 Å². The maximum absolute atomic E-state index is 12.3. The first-order valence-corrected chi connectivity index (χ1v) is 6.94. The first-order chi connectivity index (χ1) is 9.61. The molecule has 1 N–H and O–H groups in total. The molecule has 0 bridgehead atoms. The monoisotopic (exact) mass is 294 g/mol. The molecule has 106 valence electrons. The van der Waals surface area contributed by atoms with Crippen molar-refractivity contribution < 1.29 is 19.1 Å². The highest BCUT2D eigenvalue weighted by Gasteiger charge is 2.20. The molecule has 0 aromatic carbocycles. The third-order valence-corrected chi connectivity index (χ3v) is 3.56. The second kappa shape index (κ2) is 6.33. The molecule has 0 unspecified atom stereocenters. The summed E-state index contributed by atoms with van der Waals surface area (Å²) in [6.07, 6.45) is 3.68. The first kappa shape index (κ1) is 14.3. The maximum Gasteiger partial charge on any atom is 0.323 e. The third-order valence-electron chi connectivity index (χ3n) is 2.56. The van der Waals surface area contributed by atoms with Gasteiger partial charge in [0.05, 0.1) is 12.5 Å². The Morgan fingerprint density at radius 1 is 1.50 bits per heavy atom. The molecule has 0 saturated carbocycles. The molecular formula is C13H14N2O4S. The van der Waals surface area contributed by atoms with E-state index in [4.69, 9.17) is 9.52 Å². The topological polar surface area (TPSA) is 83.6 Å². The number of aliphatic carboxylic acids is 1. The zero-order chi connectivity index (χ0) is 14.5. The molecule has 20 heavy (non-hydrogen) atoms. The molecule has 2 aromatic rings. The molecule has 0 aliphatic rings. The number of amides is 1. The van der Waals surface area contributed by atoms with Crippen molar-refractivity contribution in [1.82, 2.24) is 9.88 Å². The van der Waals surface area contributed by atoms with Gasteiger partial charge in [0.1, 0.15) is 11.4 Å². The van der Waals surface area contributed by atoms with Crippen molar-refractivity contribution in [3.05, 3.63) is 29.5 Å². The van der Waals surface area contributed by atoms with E-state index in [-0.39, 0.29) is 12.5 Å². The molecule has 0 atom stereocenters. The van der Waals surface area contributed by atoms with Crippen LogP contribution in [0.1, 0.15) is 23.0 Å². The van der Waals surface area contributed by atoms with Crippen molar-refractivity contribution in [2.75, 3.05) is 13.1 Å². The second-order valence-corrected chi connectivity index (χ2v) is 5.16. The summed E-state index contributed by atoms with van der Waals surface area (Å²) < 4.78 is 5.21. The van der Waals surface area contributed by atoms with Gasteiger partial charge in [-0.2, -0.15) is 0 Å². The van der Waals surface area contributed by atoms with Crippen LogP contribution in [0, 0.1) is 0 Å². The largest absolute Gasteiger partial charge is 0.480 e. The molecule has 0 radical (unpaired) electrons. The van der Waals surface area contributed by atoms with Crippen LogP contribution in [0.5, 0.6) is 0 Å². The van der Waals surface area contributed by atoms with E-state index < -0.39 is 5.97 Å². The fourth-order valence-corrected chi connectivity index (χ4v) is 2.58. The number of carboxylic acids is 1. The molecule has 0 aliphatic heterocycles. The van der Waals surface area contributed by atoms with Crippen molar-refractivity contribution in [3.8, 4) is 10.8 Å². The highest BCUT2D eigenvalue weighted by atomic mass is 32.1. The number of thiazole rings is 1. The summed E-state index contributed by atoms with van der Waals surface area (Å²) in [5, 5.41) is 9.44. The van der Waals surface area contributed by atoms with Gasteiger partial charge >= 0.3 is 5.97 Å². The van der Waals surface area contributed by atoms with Crippen molar-refractivity contribution in [1.29, 1.82) is 0 Å². The van der Waals surface area contributed by atoms with E-state index >= 15 is 0 Å². The van der Waals surface area contributed by atoms with E-state index in [1.165, 1.54) is 28.7 Å². The van der Waals surface area contributed by atoms with Crippen LogP contribution in [-0.4, -0.2) is 40.0 Å². The molecule has 2 rings (SSSR count). The highest BCUT2D eigenvalue weighted by molar-refractivity contribution is 7.16. The Kier molecular flexibility index (Phi) is 4.52. The average Bonchev–Trinajstić information content (AvgIpc) is 3.07. The van der Waals surface area contributed by atoms with Crippen LogP contribution in [-0.2, 0) is 4.79 Å². The summed E-state index contributed by atoms with van der Waals surface area (Å²) in [4.78, 5) is 28.9. The molecule has 0 aliphatic carbocycles. The number of carbonyl (C=O) groups excluding carboxylic acids is 1. The van der Waals surface area contributed by atoms with Gasteiger partial charge < -0.3 is 14.4 Å². The van der Waals surface area contributed by atoms with Gasteiger partial charge in [-0.1, -0.05) is 6.92 Å². The quantitative estimate of drug-likeness (QED) is 0.884. The minimum atomic E-state index is -1.03. The van der Waals surface area contributed by atoms with E-state index in [1.54, 1.807) is 12.1 Å². The zero-order valence-electron chi connectivity index (χ0n) is 10.9. The Morgan fingerprint density at radius 2 is 2.30 bits per heavy atom. The van der Waals surface area contributed by atoms with E-state index in [1.807, 2.05) is 6.92 Å². The van der Waals surface area contributed by atoms with Crippen LogP contribution < -0.4 is 0 Å². The summed E-state index contributed by atoms with van der Waals surface area (Å²) in [7, 11) is 0. The normalized spacial score (nSPS) is 10.4. The Bertz CT molecular complexity index is 591. The van der Waals surface area contributed by atoms with Crippen molar-refractivity contribution in [2.24, 2.45) is 0 Å². The molecule has 2 heterocycles. The molecule has 2 aromatic heterocycles. The van der Waals surface area contributed by atoms with Gasteiger partial charge in [-0.25, -0.2) is 4.98 Å². The van der Waals surface area contributed by atoms with Gasteiger partial charge in [0.2, 0.25) is 0 Å². The van der Waals surface area contributed by atoms with Crippen LogP contribution in [0.2, 0.25) is 0 Å². The molecule has 0 fully saturated rings. The van der Waals surface area contributed by atoms with E-state index in [0.717, 1.165) is 0 Å². The Balaban J connectivity index is 2.17. The first-order valence-electron chi connectivity index (χ1n) is 6.12. The van der Waals surface area contributed by atoms with Gasteiger partial charge in [0.15, 0.2) is 10.8 Å². The number of carbonyl (C=O) groups is 2. The van der Waals surface area contributed by atoms with E-state index in [9.17, 15) is 9.59 Å². The average molecular weight is 294 g/mol. The molecule has 6 nitrogen and oxygen atoms in total. The summed E-state index contributed by atoms with van der Waals surface area (Å²) in [5.41, 5.74) is 0. The van der Waals surface area contributed by atoms with Crippen LogP contribution in [0.3, 0.4) is 0 Å². The van der Waals surface area contributed by atoms with Crippen LogP contribution in [0.25, 0.3) is 10.8 Å².